The molecule has 6 rings (SSSR count). The third-order valence-corrected chi connectivity index (χ3v) is 8.55. The van der Waals surface area contributed by atoms with Gasteiger partial charge in [-0.3, -0.25) is 9.59 Å². The minimum atomic E-state index is -4.71. The third-order valence-electron chi connectivity index (χ3n) is 8.55. The molecule has 47 heavy (non-hydrogen) atoms. The Morgan fingerprint density at radius 3 is 2.53 bits per heavy atom. The lowest BCUT2D eigenvalue weighted by molar-refractivity contribution is -0.155. The minimum Gasteiger partial charge on any atom is -0.344 e. The van der Waals surface area contributed by atoms with E-state index in [0.717, 1.165) is 0 Å². The molecule has 0 spiro atoms. The summed E-state index contributed by atoms with van der Waals surface area (Å²) in [7, 11) is 0. The van der Waals surface area contributed by atoms with Gasteiger partial charge in [0, 0.05) is 19.3 Å². The van der Waals surface area contributed by atoms with Crippen molar-refractivity contribution >= 4 is 17.5 Å². The molecule has 252 valence electrons. The van der Waals surface area contributed by atoms with Gasteiger partial charge in [0.05, 0.1) is 29.5 Å². The first-order valence-electron chi connectivity index (χ1n) is 14.4. The van der Waals surface area contributed by atoms with Crippen LogP contribution in [0.1, 0.15) is 83.7 Å². The van der Waals surface area contributed by atoms with Gasteiger partial charge in [0.15, 0.2) is 17.2 Å². The second kappa shape index (κ2) is 11.9. The summed E-state index contributed by atoms with van der Waals surface area (Å²) in [6, 6.07) is -1.67. The average molecular weight is 674 g/mol. The molecular formula is C27H26F7N9O4. The molecule has 1 aliphatic carbocycles. The van der Waals surface area contributed by atoms with Crippen molar-refractivity contribution in [1.29, 1.82) is 0 Å². The summed E-state index contributed by atoms with van der Waals surface area (Å²) in [5.41, 5.74) is -2.76. The van der Waals surface area contributed by atoms with Gasteiger partial charge in [0.25, 0.3) is 12.3 Å². The van der Waals surface area contributed by atoms with Crippen LogP contribution in [-0.4, -0.2) is 65.0 Å². The summed E-state index contributed by atoms with van der Waals surface area (Å²) < 4.78 is 106. The van der Waals surface area contributed by atoms with E-state index in [9.17, 15) is 40.3 Å². The molecule has 5 heterocycles. The monoisotopic (exact) mass is 673 g/mol. The van der Waals surface area contributed by atoms with Crippen molar-refractivity contribution in [3.8, 4) is 0 Å². The Hall–Kier alpha value is -4.65. The van der Waals surface area contributed by atoms with Crippen molar-refractivity contribution in [2.45, 2.75) is 82.5 Å². The topological polar surface area (TPSA) is 166 Å². The molecule has 0 radical (unpaired) electrons. The van der Waals surface area contributed by atoms with Crippen LogP contribution < -0.4 is 10.6 Å². The van der Waals surface area contributed by atoms with Gasteiger partial charge < -0.3 is 15.2 Å². The second-order valence-electron chi connectivity index (χ2n) is 11.9. The van der Waals surface area contributed by atoms with Crippen LogP contribution in [0.15, 0.2) is 27.6 Å². The molecule has 3 atom stereocenters. The zero-order chi connectivity index (χ0) is 33.7. The van der Waals surface area contributed by atoms with E-state index in [2.05, 4.69) is 40.5 Å². The van der Waals surface area contributed by atoms with Crippen LogP contribution >= 0.6 is 0 Å². The van der Waals surface area contributed by atoms with Gasteiger partial charge in [-0.05, 0) is 60.5 Å². The van der Waals surface area contributed by atoms with Crippen molar-refractivity contribution in [2.75, 3.05) is 0 Å². The predicted molar refractivity (Wildman–Crippen MR) is 141 cm³/mol. The van der Waals surface area contributed by atoms with Crippen molar-refractivity contribution < 1.29 is 49.5 Å². The number of imidazole rings is 1. The van der Waals surface area contributed by atoms with E-state index in [4.69, 9.17) is 4.52 Å². The minimum absolute atomic E-state index is 0.0217. The lowest BCUT2D eigenvalue weighted by Gasteiger charge is -2.33. The molecule has 20 heteroatoms. The standard InChI is InChI=1S/C27H26F7N9O4/c1-12-36-18(46-40-12)9-25(8-16(27(32,33)34)38-24(25)45)7-13-6-17-37-15(11-43(17)35-10-13)19(14-2-4-26(30,31)5-3-14)39-23(44)21-20(22(28)29)41-47-42-21/h6,10-11,14,16,19,22H,2-5,7-9H2,1H3,(H,38,45)(H,39,44)/t16-,19-,25-/m0/s1. The van der Waals surface area contributed by atoms with Crippen LogP contribution in [0, 0.1) is 18.3 Å². The number of halogens is 7. The first kappa shape index (κ1) is 32.3. The molecule has 0 bridgehead atoms. The molecule has 0 unspecified atom stereocenters. The quantitative estimate of drug-likeness (QED) is 0.245. The Morgan fingerprint density at radius 1 is 1.15 bits per heavy atom. The van der Waals surface area contributed by atoms with Crippen LogP contribution in [0.3, 0.4) is 0 Å². The predicted octanol–water partition coefficient (Wildman–Crippen LogP) is 4.26. The van der Waals surface area contributed by atoms with Gasteiger partial charge >= 0.3 is 6.18 Å². The highest BCUT2D eigenvalue weighted by Gasteiger charge is 2.56. The highest BCUT2D eigenvalue weighted by atomic mass is 19.4. The first-order chi connectivity index (χ1) is 22.1. The number of fused-ring (bicyclic) bond motifs is 1. The molecule has 2 aliphatic rings. The molecule has 2 fully saturated rings. The molecule has 2 N–H and O–H groups in total. The molecule has 2 amide bonds. The van der Waals surface area contributed by atoms with Crippen molar-refractivity contribution in [2.24, 2.45) is 11.3 Å². The van der Waals surface area contributed by atoms with Crippen molar-refractivity contribution in [3.05, 3.63) is 52.8 Å². The second-order valence-corrected chi connectivity index (χ2v) is 11.9. The summed E-state index contributed by atoms with van der Waals surface area (Å²) >= 11 is 0. The largest absolute Gasteiger partial charge is 0.408 e. The van der Waals surface area contributed by atoms with Gasteiger partial charge in [-0.2, -0.15) is 23.3 Å². The molecule has 1 saturated carbocycles. The van der Waals surface area contributed by atoms with E-state index in [1.165, 1.54) is 29.9 Å². The number of hydrogen-bond acceptors (Lipinski definition) is 10. The van der Waals surface area contributed by atoms with Crippen molar-refractivity contribution in [3.63, 3.8) is 0 Å². The number of hydrogen-bond donors (Lipinski definition) is 2. The summed E-state index contributed by atoms with van der Waals surface area (Å²) in [5.74, 6) is -5.22. The fourth-order valence-corrected chi connectivity index (χ4v) is 6.22. The maximum Gasteiger partial charge on any atom is 0.408 e. The fourth-order valence-electron chi connectivity index (χ4n) is 6.22. The number of amides is 2. The zero-order valence-electron chi connectivity index (χ0n) is 24.4. The van der Waals surface area contributed by atoms with Gasteiger partial charge in [-0.1, -0.05) is 5.16 Å². The lowest BCUT2D eigenvalue weighted by Crippen LogP contribution is -2.39. The van der Waals surface area contributed by atoms with Crippen LogP contribution in [0.25, 0.3) is 5.65 Å². The highest BCUT2D eigenvalue weighted by molar-refractivity contribution is 5.93. The molecule has 4 aromatic rings. The van der Waals surface area contributed by atoms with Gasteiger partial charge in [-0.25, -0.2) is 31.7 Å². The number of rotatable bonds is 9. The maximum absolute atomic E-state index is 14.0. The molecular weight excluding hydrogens is 647 g/mol. The summed E-state index contributed by atoms with van der Waals surface area (Å²) in [6.07, 6.45) is -7.27. The number of nitrogens with zero attached hydrogens (tertiary/aromatic N) is 7. The Balaban J connectivity index is 1.31. The van der Waals surface area contributed by atoms with Gasteiger partial charge in [0.1, 0.15) is 6.04 Å². The van der Waals surface area contributed by atoms with Gasteiger partial charge in [-0.15, -0.1) is 0 Å². The Morgan fingerprint density at radius 2 is 1.89 bits per heavy atom. The number of nitrogens with one attached hydrogen (secondary N) is 2. The van der Waals surface area contributed by atoms with Crippen LogP contribution in [0.4, 0.5) is 30.7 Å². The van der Waals surface area contributed by atoms with E-state index in [1.54, 1.807) is 0 Å². The Kier molecular flexibility index (Phi) is 8.15. The number of carbonyl (C=O) groups is 2. The summed E-state index contributed by atoms with van der Waals surface area (Å²) in [5, 5.41) is 18.8. The Labute approximate surface area is 259 Å². The summed E-state index contributed by atoms with van der Waals surface area (Å²) in [6.45, 7) is 1.52. The zero-order valence-corrected chi connectivity index (χ0v) is 24.4. The number of carbonyl (C=O) groups excluding carboxylic acids is 2. The highest BCUT2D eigenvalue weighted by Crippen LogP contribution is 2.43. The van der Waals surface area contributed by atoms with Crippen molar-refractivity contribution in [1.82, 2.24) is 45.7 Å². The molecule has 0 aromatic carbocycles. The van der Waals surface area contributed by atoms with Gasteiger partial charge in [0.2, 0.25) is 23.4 Å². The maximum atomic E-state index is 14.0. The number of aryl methyl sites for hydroxylation is 1. The van der Waals surface area contributed by atoms with E-state index >= 15 is 0 Å². The lowest BCUT2D eigenvalue weighted by atomic mass is 9.76. The van der Waals surface area contributed by atoms with Crippen LogP contribution in [-0.2, 0) is 17.6 Å². The molecule has 13 nitrogen and oxygen atoms in total. The van der Waals surface area contributed by atoms with E-state index < -0.39 is 84.4 Å². The molecule has 4 aromatic heterocycles. The summed E-state index contributed by atoms with van der Waals surface area (Å²) in [4.78, 5) is 34.7. The van der Waals surface area contributed by atoms with Crippen LogP contribution in [0.2, 0.25) is 0 Å². The first-order valence-corrected chi connectivity index (χ1v) is 14.4. The number of alkyl halides is 7. The van der Waals surface area contributed by atoms with Crippen LogP contribution in [0.5, 0.6) is 0 Å². The molecule has 1 aliphatic heterocycles. The third kappa shape index (κ3) is 6.62. The SMILES string of the molecule is Cc1noc(C[C@]2(Cc3cnn4cc([C@@H](NC(=O)c5nonc5C(F)F)C5CCC(F)(F)CC5)nc4c3)C[C@@H](C(F)(F)F)NC2=O)n1. The fraction of sp³-hybridized carbons (Fsp3) is 0.556. The smallest absolute Gasteiger partial charge is 0.344 e. The Bertz CT molecular complexity index is 1780. The number of aromatic nitrogens is 7. The normalized spacial score (nSPS) is 22.6. The van der Waals surface area contributed by atoms with E-state index in [-0.39, 0.29) is 48.7 Å². The average Bonchev–Trinajstić information content (AvgIpc) is 3.78. The molecule has 1 saturated heterocycles. The van der Waals surface area contributed by atoms with E-state index in [1.807, 2.05) is 5.32 Å². The van der Waals surface area contributed by atoms with E-state index in [0.29, 0.717) is 5.56 Å².